The Bertz CT molecular complexity index is 763. The average molecular weight is 274 g/mol. The summed E-state index contributed by atoms with van der Waals surface area (Å²) >= 11 is 0. The number of carbonyl (C=O) groups excluding carboxylic acids is 1. The van der Waals surface area contributed by atoms with Crippen molar-refractivity contribution in [3.63, 3.8) is 0 Å². The van der Waals surface area contributed by atoms with Crippen LogP contribution in [0.3, 0.4) is 0 Å². The van der Waals surface area contributed by atoms with Crippen molar-refractivity contribution in [2.24, 2.45) is 0 Å². The molecule has 0 saturated carbocycles. The molecule has 0 atom stereocenters. The number of hydrogen-bond donors (Lipinski definition) is 1. The van der Waals surface area contributed by atoms with Gasteiger partial charge in [0.05, 0.1) is 0 Å². The molecule has 1 N–H and O–H groups in total. The number of H-pyrrole nitrogens is 1. The van der Waals surface area contributed by atoms with Gasteiger partial charge in [-0.3, -0.25) is 4.79 Å². The zero-order valence-electron chi connectivity index (χ0n) is 10.9. The van der Waals surface area contributed by atoms with Crippen LogP contribution in [0.15, 0.2) is 29.1 Å². The topological polar surface area (TPSA) is 72.0 Å². The zero-order chi connectivity index (χ0) is 14.5. The number of esters is 1. The first-order valence-corrected chi connectivity index (χ1v) is 6.02. The third-order valence-electron chi connectivity index (χ3n) is 3.16. The number of benzene rings is 1. The number of aromatic nitrogens is 2. The number of carbonyl (C=O) groups is 1. The van der Waals surface area contributed by atoms with Crippen LogP contribution in [-0.2, 0) is 10.3 Å². The van der Waals surface area contributed by atoms with E-state index in [2.05, 4.69) is 9.97 Å². The van der Waals surface area contributed by atoms with Gasteiger partial charge in [-0.2, -0.15) is 0 Å². The fraction of sp³-hybridized carbons (Fsp3) is 0.214. The van der Waals surface area contributed by atoms with Gasteiger partial charge in [0.2, 0.25) is 0 Å². The van der Waals surface area contributed by atoms with Gasteiger partial charge >= 0.3 is 5.97 Å². The smallest absolute Gasteiger partial charge is 0.346 e. The van der Waals surface area contributed by atoms with E-state index >= 15 is 0 Å². The Kier molecular flexibility index (Phi) is 2.50. The van der Waals surface area contributed by atoms with Crippen molar-refractivity contribution in [1.29, 1.82) is 0 Å². The third kappa shape index (κ3) is 1.80. The van der Waals surface area contributed by atoms with Crippen LogP contribution in [-0.4, -0.2) is 15.9 Å². The second kappa shape index (κ2) is 4.00. The Morgan fingerprint density at radius 2 is 1.85 bits per heavy atom. The lowest BCUT2D eigenvalue weighted by atomic mass is 10.0. The molecule has 20 heavy (non-hydrogen) atoms. The summed E-state index contributed by atoms with van der Waals surface area (Å²) < 4.78 is 18.0. The first-order chi connectivity index (χ1) is 9.38. The van der Waals surface area contributed by atoms with Crippen LogP contribution in [0.1, 0.15) is 29.9 Å². The first-order valence-electron chi connectivity index (χ1n) is 6.02. The molecule has 5 nitrogen and oxygen atoms in total. The van der Waals surface area contributed by atoms with Gasteiger partial charge in [-0.15, -0.1) is 0 Å². The van der Waals surface area contributed by atoms with E-state index in [1.165, 1.54) is 24.3 Å². The molecule has 0 radical (unpaired) electrons. The zero-order valence-corrected chi connectivity index (χ0v) is 10.9. The molecule has 6 heteroatoms. The van der Waals surface area contributed by atoms with Crippen molar-refractivity contribution < 1.29 is 13.9 Å². The van der Waals surface area contributed by atoms with Crippen molar-refractivity contribution >= 4 is 5.97 Å². The van der Waals surface area contributed by atoms with Gasteiger partial charge < -0.3 is 9.72 Å². The maximum atomic E-state index is 12.9. The molecular weight excluding hydrogens is 263 g/mol. The summed E-state index contributed by atoms with van der Waals surface area (Å²) in [7, 11) is 0. The molecule has 0 aliphatic carbocycles. The van der Waals surface area contributed by atoms with E-state index in [-0.39, 0.29) is 17.2 Å². The Hall–Kier alpha value is -2.50. The number of aromatic amines is 1. The van der Waals surface area contributed by atoms with Crippen molar-refractivity contribution in [3.8, 4) is 11.4 Å². The lowest BCUT2D eigenvalue weighted by Crippen LogP contribution is -2.21. The van der Waals surface area contributed by atoms with Gasteiger partial charge in [0.15, 0.2) is 5.56 Å². The Morgan fingerprint density at radius 1 is 1.20 bits per heavy atom. The molecule has 1 aliphatic heterocycles. The summed E-state index contributed by atoms with van der Waals surface area (Å²) in [5.74, 6) is -0.777. The highest BCUT2D eigenvalue weighted by Gasteiger charge is 2.42. The summed E-state index contributed by atoms with van der Waals surface area (Å²) in [5, 5.41) is 0. The van der Waals surface area contributed by atoms with Crippen molar-refractivity contribution in [2.45, 2.75) is 19.4 Å². The van der Waals surface area contributed by atoms with E-state index in [0.29, 0.717) is 11.3 Å². The number of cyclic esters (lactones) is 1. The van der Waals surface area contributed by atoms with Crippen LogP contribution in [0, 0.1) is 5.82 Å². The molecule has 0 fully saturated rings. The molecule has 2 heterocycles. The molecule has 0 bridgehead atoms. The molecule has 0 amide bonds. The fourth-order valence-corrected chi connectivity index (χ4v) is 2.17. The van der Waals surface area contributed by atoms with E-state index in [1.807, 2.05) is 0 Å². The number of nitrogens with zero attached hydrogens (tertiary/aromatic N) is 1. The van der Waals surface area contributed by atoms with E-state index in [0.717, 1.165) is 0 Å². The molecule has 0 spiro atoms. The second-order valence-corrected chi connectivity index (χ2v) is 5.04. The number of fused-ring (bicyclic) bond motifs is 1. The SMILES string of the molecule is CC1(C)OC(=O)c2c1nc(-c1ccc(F)cc1)[nH]c2=O. The van der Waals surface area contributed by atoms with E-state index < -0.39 is 17.1 Å². The standard InChI is InChI=1S/C14H11FN2O3/c1-14(2)10-9(13(19)20-14)12(18)17-11(16-10)7-3-5-8(15)6-4-7/h3-6H,1-2H3,(H,16,17,18). The van der Waals surface area contributed by atoms with Crippen LogP contribution < -0.4 is 5.56 Å². The van der Waals surface area contributed by atoms with Crippen LogP contribution in [0.25, 0.3) is 11.4 Å². The number of ether oxygens (including phenoxy) is 1. The second-order valence-electron chi connectivity index (χ2n) is 5.04. The van der Waals surface area contributed by atoms with Gasteiger partial charge in [0.1, 0.15) is 22.9 Å². The maximum Gasteiger partial charge on any atom is 0.346 e. The number of halogens is 1. The van der Waals surface area contributed by atoms with Crippen molar-refractivity contribution in [3.05, 3.63) is 51.7 Å². The summed E-state index contributed by atoms with van der Waals surface area (Å²) in [6.45, 7) is 3.33. The monoisotopic (exact) mass is 274 g/mol. The molecule has 1 aliphatic rings. The molecule has 1 aromatic heterocycles. The van der Waals surface area contributed by atoms with Crippen LogP contribution in [0.5, 0.6) is 0 Å². The van der Waals surface area contributed by atoms with Crippen molar-refractivity contribution in [1.82, 2.24) is 9.97 Å². The number of nitrogens with one attached hydrogen (secondary N) is 1. The fourth-order valence-electron chi connectivity index (χ4n) is 2.17. The van der Waals surface area contributed by atoms with Gasteiger partial charge in [-0.25, -0.2) is 14.2 Å². The predicted molar refractivity (Wildman–Crippen MR) is 68.7 cm³/mol. The summed E-state index contributed by atoms with van der Waals surface area (Å²) in [6, 6.07) is 5.56. The summed E-state index contributed by atoms with van der Waals surface area (Å²) in [6.07, 6.45) is 0. The Balaban J connectivity index is 2.22. The Morgan fingerprint density at radius 3 is 2.50 bits per heavy atom. The number of hydrogen-bond acceptors (Lipinski definition) is 4. The van der Waals surface area contributed by atoms with E-state index in [4.69, 9.17) is 4.74 Å². The molecule has 1 aromatic carbocycles. The van der Waals surface area contributed by atoms with Crippen LogP contribution in [0.4, 0.5) is 4.39 Å². The maximum absolute atomic E-state index is 12.9. The van der Waals surface area contributed by atoms with Gasteiger partial charge in [0, 0.05) is 5.56 Å². The Labute approximate surface area is 113 Å². The minimum Gasteiger partial charge on any atom is -0.449 e. The normalized spacial score (nSPS) is 15.8. The molecular formula is C14H11FN2O3. The summed E-state index contributed by atoms with van der Waals surface area (Å²) in [4.78, 5) is 30.5. The third-order valence-corrected chi connectivity index (χ3v) is 3.16. The number of rotatable bonds is 1. The van der Waals surface area contributed by atoms with Gasteiger partial charge in [-0.05, 0) is 38.1 Å². The summed E-state index contributed by atoms with van der Waals surface area (Å²) in [5.41, 5.74) is -0.715. The van der Waals surface area contributed by atoms with Crippen LogP contribution >= 0.6 is 0 Å². The quantitative estimate of drug-likeness (QED) is 0.807. The molecule has 0 saturated heterocycles. The van der Waals surface area contributed by atoms with Gasteiger partial charge in [0.25, 0.3) is 5.56 Å². The van der Waals surface area contributed by atoms with E-state index in [1.54, 1.807) is 13.8 Å². The van der Waals surface area contributed by atoms with Crippen LogP contribution in [0.2, 0.25) is 0 Å². The lowest BCUT2D eigenvalue weighted by Gasteiger charge is -2.16. The molecule has 3 rings (SSSR count). The molecule has 0 unspecified atom stereocenters. The molecule has 102 valence electrons. The predicted octanol–water partition coefficient (Wildman–Crippen LogP) is 1.98. The average Bonchev–Trinajstić information content (AvgIpc) is 2.60. The highest BCUT2D eigenvalue weighted by molar-refractivity contribution is 5.93. The van der Waals surface area contributed by atoms with E-state index in [9.17, 15) is 14.0 Å². The first kappa shape index (κ1) is 12.5. The lowest BCUT2D eigenvalue weighted by molar-refractivity contribution is 0.00830. The highest BCUT2D eigenvalue weighted by Crippen LogP contribution is 2.33. The van der Waals surface area contributed by atoms with Crippen molar-refractivity contribution in [2.75, 3.05) is 0 Å². The minimum absolute atomic E-state index is 0.0686. The minimum atomic E-state index is -0.949. The largest absolute Gasteiger partial charge is 0.449 e. The molecule has 2 aromatic rings. The highest BCUT2D eigenvalue weighted by atomic mass is 19.1. The van der Waals surface area contributed by atoms with Gasteiger partial charge in [-0.1, -0.05) is 0 Å².